The van der Waals surface area contributed by atoms with Gasteiger partial charge in [-0.3, -0.25) is 4.79 Å². The third kappa shape index (κ3) is 4.07. The number of aryl methyl sites for hydroxylation is 1. The van der Waals surface area contributed by atoms with E-state index in [0.29, 0.717) is 12.3 Å². The molecule has 110 valence electrons. The highest BCUT2D eigenvalue weighted by atomic mass is 16.2. The summed E-state index contributed by atoms with van der Waals surface area (Å²) >= 11 is 0. The first-order chi connectivity index (χ1) is 9.70. The maximum atomic E-state index is 12.2. The number of piperidine rings is 1. The first-order valence-electron chi connectivity index (χ1n) is 7.77. The number of carbonyl (C=O) groups excluding carboxylic acids is 1. The first-order valence-corrected chi connectivity index (χ1v) is 7.77. The van der Waals surface area contributed by atoms with Gasteiger partial charge in [0, 0.05) is 19.2 Å². The summed E-state index contributed by atoms with van der Waals surface area (Å²) in [6.07, 6.45) is 5.19. The Bertz CT molecular complexity index is 421. The molecular weight excluding hydrogens is 248 g/mol. The molecule has 1 amide bonds. The van der Waals surface area contributed by atoms with E-state index in [-0.39, 0.29) is 5.91 Å². The Morgan fingerprint density at radius 3 is 2.70 bits per heavy atom. The van der Waals surface area contributed by atoms with Crippen LogP contribution in [0.25, 0.3) is 0 Å². The third-order valence-corrected chi connectivity index (χ3v) is 4.27. The SMILES string of the molecule is CCc1ccc(N(C)C(=O)CCC2CCCNC2)cc1. The molecule has 3 heteroatoms. The van der Waals surface area contributed by atoms with Crippen molar-refractivity contribution >= 4 is 11.6 Å². The van der Waals surface area contributed by atoms with Crippen LogP contribution in [0, 0.1) is 5.92 Å². The number of amides is 1. The van der Waals surface area contributed by atoms with Gasteiger partial charge in [0.05, 0.1) is 0 Å². The summed E-state index contributed by atoms with van der Waals surface area (Å²) in [5, 5.41) is 3.41. The molecule has 0 bridgehead atoms. The average molecular weight is 274 g/mol. The fourth-order valence-corrected chi connectivity index (χ4v) is 2.76. The quantitative estimate of drug-likeness (QED) is 0.895. The van der Waals surface area contributed by atoms with E-state index in [9.17, 15) is 4.79 Å². The number of hydrogen-bond donors (Lipinski definition) is 1. The van der Waals surface area contributed by atoms with Crippen LogP contribution in [-0.2, 0) is 11.2 Å². The maximum absolute atomic E-state index is 12.2. The van der Waals surface area contributed by atoms with E-state index in [1.165, 1.54) is 18.4 Å². The van der Waals surface area contributed by atoms with E-state index in [1.54, 1.807) is 4.90 Å². The number of nitrogens with one attached hydrogen (secondary N) is 1. The van der Waals surface area contributed by atoms with Crippen LogP contribution in [0.3, 0.4) is 0 Å². The molecule has 1 saturated heterocycles. The summed E-state index contributed by atoms with van der Waals surface area (Å²) in [4.78, 5) is 14.0. The van der Waals surface area contributed by atoms with Crippen LogP contribution < -0.4 is 10.2 Å². The van der Waals surface area contributed by atoms with E-state index in [0.717, 1.165) is 31.6 Å². The van der Waals surface area contributed by atoms with Crippen molar-refractivity contribution in [3.05, 3.63) is 29.8 Å². The van der Waals surface area contributed by atoms with Gasteiger partial charge in [-0.1, -0.05) is 19.1 Å². The highest BCUT2D eigenvalue weighted by Crippen LogP contribution is 2.19. The lowest BCUT2D eigenvalue weighted by atomic mass is 9.94. The van der Waals surface area contributed by atoms with Gasteiger partial charge in [0.25, 0.3) is 0 Å². The zero-order chi connectivity index (χ0) is 14.4. The number of anilines is 1. The molecule has 1 fully saturated rings. The molecule has 1 unspecified atom stereocenters. The lowest BCUT2D eigenvalue weighted by Crippen LogP contribution is -2.31. The lowest BCUT2D eigenvalue weighted by molar-refractivity contribution is -0.118. The summed E-state index contributed by atoms with van der Waals surface area (Å²) in [5.41, 5.74) is 2.30. The predicted molar refractivity (Wildman–Crippen MR) is 84.1 cm³/mol. The maximum Gasteiger partial charge on any atom is 0.226 e. The molecule has 1 aliphatic rings. The molecule has 2 rings (SSSR count). The number of benzene rings is 1. The Kier molecular flexibility index (Phi) is 5.60. The van der Waals surface area contributed by atoms with Crippen LogP contribution in [-0.4, -0.2) is 26.0 Å². The third-order valence-electron chi connectivity index (χ3n) is 4.27. The van der Waals surface area contributed by atoms with Gasteiger partial charge >= 0.3 is 0 Å². The second-order valence-corrected chi connectivity index (χ2v) is 5.72. The highest BCUT2D eigenvalue weighted by Gasteiger charge is 2.16. The molecule has 20 heavy (non-hydrogen) atoms. The van der Waals surface area contributed by atoms with Crippen LogP contribution >= 0.6 is 0 Å². The van der Waals surface area contributed by atoms with Crippen molar-refractivity contribution in [1.29, 1.82) is 0 Å². The summed E-state index contributed by atoms with van der Waals surface area (Å²) in [5.74, 6) is 0.892. The monoisotopic (exact) mass is 274 g/mol. The second kappa shape index (κ2) is 7.44. The summed E-state index contributed by atoms with van der Waals surface area (Å²) in [6, 6.07) is 8.28. The topological polar surface area (TPSA) is 32.3 Å². The fraction of sp³-hybridized carbons (Fsp3) is 0.588. The van der Waals surface area contributed by atoms with Crippen LogP contribution in [0.5, 0.6) is 0 Å². The second-order valence-electron chi connectivity index (χ2n) is 5.72. The van der Waals surface area contributed by atoms with Gasteiger partial charge in [-0.25, -0.2) is 0 Å². The van der Waals surface area contributed by atoms with Crippen molar-refractivity contribution in [3.63, 3.8) is 0 Å². The van der Waals surface area contributed by atoms with E-state index in [4.69, 9.17) is 0 Å². The Morgan fingerprint density at radius 2 is 2.10 bits per heavy atom. The van der Waals surface area contributed by atoms with Crippen LogP contribution in [0.2, 0.25) is 0 Å². The molecule has 1 aliphatic heterocycles. The van der Waals surface area contributed by atoms with E-state index >= 15 is 0 Å². The van der Waals surface area contributed by atoms with Crippen LogP contribution in [0.15, 0.2) is 24.3 Å². The largest absolute Gasteiger partial charge is 0.316 e. The molecule has 0 aromatic heterocycles. The number of nitrogens with zero attached hydrogens (tertiary/aromatic N) is 1. The molecule has 0 radical (unpaired) electrons. The van der Waals surface area contributed by atoms with E-state index in [2.05, 4.69) is 24.4 Å². The lowest BCUT2D eigenvalue weighted by Gasteiger charge is -2.24. The molecular formula is C17H26N2O. The molecule has 0 spiro atoms. The molecule has 1 N–H and O–H groups in total. The van der Waals surface area contributed by atoms with Gasteiger partial charge in [-0.2, -0.15) is 0 Å². The predicted octanol–water partition coefficient (Wildman–Crippen LogP) is 2.99. The smallest absolute Gasteiger partial charge is 0.226 e. The number of rotatable bonds is 5. The minimum absolute atomic E-state index is 0.222. The van der Waals surface area contributed by atoms with Gasteiger partial charge < -0.3 is 10.2 Å². The van der Waals surface area contributed by atoms with E-state index < -0.39 is 0 Å². The Hall–Kier alpha value is -1.35. The first kappa shape index (κ1) is 15.0. The zero-order valence-electron chi connectivity index (χ0n) is 12.7. The molecule has 0 aliphatic carbocycles. The van der Waals surface area contributed by atoms with Crippen molar-refractivity contribution in [2.45, 2.75) is 39.0 Å². The van der Waals surface area contributed by atoms with Gasteiger partial charge in [-0.05, 0) is 62.4 Å². The molecule has 1 atom stereocenters. The molecule has 0 saturated carbocycles. The van der Waals surface area contributed by atoms with Gasteiger partial charge in [0.15, 0.2) is 0 Å². The van der Waals surface area contributed by atoms with Crippen molar-refractivity contribution < 1.29 is 4.79 Å². The highest BCUT2D eigenvalue weighted by molar-refractivity contribution is 5.92. The van der Waals surface area contributed by atoms with E-state index in [1.807, 2.05) is 19.2 Å². The summed E-state index contributed by atoms with van der Waals surface area (Å²) in [7, 11) is 1.88. The molecule has 3 nitrogen and oxygen atoms in total. The van der Waals surface area contributed by atoms with Crippen LogP contribution in [0.1, 0.15) is 38.2 Å². The number of hydrogen-bond acceptors (Lipinski definition) is 2. The van der Waals surface area contributed by atoms with Crippen molar-refractivity contribution in [2.75, 3.05) is 25.0 Å². The zero-order valence-corrected chi connectivity index (χ0v) is 12.7. The Balaban J connectivity index is 1.83. The minimum Gasteiger partial charge on any atom is -0.316 e. The van der Waals surface area contributed by atoms with Crippen molar-refractivity contribution in [2.24, 2.45) is 5.92 Å². The molecule has 1 aromatic rings. The summed E-state index contributed by atoms with van der Waals surface area (Å²) in [6.45, 7) is 4.35. The average Bonchev–Trinajstić information content (AvgIpc) is 2.53. The van der Waals surface area contributed by atoms with Gasteiger partial charge in [0.2, 0.25) is 5.91 Å². The Morgan fingerprint density at radius 1 is 1.35 bits per heavy atom. The standard InChI is InChI=1S/C17H26N2O/c1-3-14-6-9-16(10-7-14)19(2)17(20)11-8-15-5-4-12-18-13-15/h6-7,9-10,15,18H,3-5,8,11-13H2,1-2H3. The van der Waals surface area contributed by atoms with Crippen molar-refractivity contribution in [3.8, 4) is 0 Å². The number of carbonyl (C=O) groups is 1. The summed E-state index contributed by atoms with van der Waals surface area (Å²) < 4.78 is 0. The normalized spacial score (nSPS) is 18.8. The van der Waals surface area contributed by atoms with Crippen molar-refractivity contribution in [1.82, 2.24) is 5.32 Å². The van der Waals surface area contributed by atoms with Gasteiger partial charge in [0.1, 0.15) is 0 Å². The minimum atomic E-state index is 0.222. The molecule has 1 aromatic carbocycles. The molecule has 1 heterocycles. The van der Waals surface area contributed by atoms with Crippen LogP contribution in [0.4, 0.5) is 5.69 Å². The van der Waals surface area contributed by atoms with Gasteiger partial charge in [-0.15, -0.1) is 0 Å². The Labute approximate surface area is 122 Å². The fourth-order valence-electron chi connectivity index (χ4n) is 2.76.